The summed E-state index contributed by atoms with van der Waals surface area (Å²) in [5.41, 5.74) is -0.247. The number of aromatic nitrogens is 2. The van der Waals surface area contributed by atoms with E-state index in [9.17, 15) is 4.79 Å². The molecule has 1 aliphatic rings. The molecule has 3 rings (SSSR count). The van der Waals surface area contributed by atoms with E-state index in [0.29, 0.717) is 43.2 Å². The van der Waals surface area contributed by atoms with Crippen LogP contribution in [0.15, 0.2) is 35.0 Å². The molecule has 1 amide bonds. The third kappa shape index (κ3) is 3.46. The van der Waals surface area contributed by atoms with Crippen molar-refractivity contribution < 1.29 is 13.7 Å². The van der Waals surface area contributed by atoms with E-state index in [-0.39, 0.29) is 11.9 Å². The molecule has 6 nitrogen and oxygen atoms in total. The number of rotatable bonds is 4. The van der Waals surface area contributed by atoms with Gasteiger partial charge in [0.05, 0.1) is 17.4 Å². The van der Waals surface area contributed by atoms with Crippen LogP contribution in [-0.4, -0.2) is 40.1 Å². The molecule has 2 aromatic heterocycles. The lowest BCUT2D eigenvalue weighted by Gasteiger charge is -2.38. The average Bonchev–Trinajstić information content (AvgIpc) is 3.00. The highest BCUT2D eigenvalue weighted by Gasteiger charge is 2.39. The highest BCUT2D eigenvalue weighted by Crippen LogP contribution is 2.36. The van der Waals surface area contributed by atoms with Crippen molar-refractivity contribution in [3.8, 4) is 0 Å². The van der Waals surface area contributed by atoms with E-state index in [4.69, 9.17) is 4.52 Å². The minimum Gasteiger partial charge on any atom is -0.338 e. The Morgan fingerprint density at radius 1 is 1.42 bits per heavy atom. The molecule has 128 valence electrons. The highest BCUT2D eigenvalue weighted by molar-refractivity contribution is 5.93. The molecule has 1 N–H and O–H groups in total. The molecule has 7 heteroatoms. The Morgan fingerprint density at radius 3 is 2.75 bits per heavy atom. The molecule has 0 aromatic carbocycles. The molecule has 1 unspecified atom stereocenters. The van der Waals surface area contributed by atoms with E-state index >= 15 is 4.39 Å². The van der Waals surface area contributed by atoms with Crippen LogP contribution in [0.25, 0.3) is 0 Å². The summed E-state index contributed by atoms with van der Waals surface area (Å²) >= 11 is 0. The number of likely N-dealkylation sites (tertiary alicyclic amines) is 1. The summed E-state index contributed by atoms with van der Waals surface area (Å²) in [6.45, 7) is 4.59. The first kappa shape index (κ1) is 16.6. The quantitative estimate of drug-likeness (QED) is 0.932. The molecule has 1 saturated heterocycles. The zero-order valence-electron chi connectivity index (χ0n) is 13.8. The van der Waals surface area contributed by atoms with E-state index in [2.05, 4.69) is 15.5 Å². The van der Waals surface area contributed by atoms with E-state index in [0.717, 1.165) is 0 Å². The van der Waals surface area contributed by atoms with Crippen LogP contribution in [-0.2, 0) is 10.5 Å². The molecular formula is C17H21FN4O2. The van der Waals surface area contributed by atoms with Crippen LogP contribution >= 0.6 is 0 Å². The topological polar surface area (TPSA) is 71.3 Å². The normalized spacial score (nSPS) is 19.0. The van der Waals surface area contributed by atoms with Crippen molar-refractivity contribution >= 4 is 11.8 Å². The van der Waals surface area contributed by atoms with Gasteiger partial charge in [0.15, 0.2) is 5.67 Å². The van der Waals surface area contributed by atoms with Crippen molar-refractivity contribution in [1.82, 2.24) is 15.0 Å². The van der Waals surface area contributed by atoms with Gasteiger partial charge in [0.2, 0.25) is 11.8 Å². The summed E-state index contributed by atoms with van der Waals surface area (Å²) in [5.74, 6) is 0.144. The standard InChI is InChI=1S/C17H21FN4O2/c1-12-11-15(24-21-12)20-16(23)13(2)22-9-6-17(18,7-10-22)14-5-3-4-8-19-14/h3-5,8,11,13H,6-7,9-10H2,1-2H3,(H,20,23). The number of halogens is 1. The maximum Gasteiger partial charge on any atom is 0.243 e. The summed E-state index contributed by atoms with van der Waals surface area (Å²) in [6, 6.07) is 6.58. The number of carbonyl (C=O) groups excluding carboxylic acids is 1. The number of hydrogen-bond acceptors (Lipinski definition) is 5. The lowest BCUT2D eigenvalue weighted by molar-refractivity contribution is -0.122. The summed E-state index contributed by atoms with van der Waals surface area (Å²) < 4.78 is 20.1. The van der Waals surface area contributed by atoms with Gasteiger partial charge in [-0.05, 0) is 38.8 Å². The Hall–Kier alpha value is -2.28. The first-order valence-corrected chi connectivity index (χ1v) is 8.07. The number of alkyl halides is 1. The molecule has 0 saturated carbocycles. The third-order valence-corrected chi connectivity index (χ3v) is 4.52. The van der Waals surface area contributed by atoms with Crippen LogP contribution < -0.4 is 5.32 Å². The van der Waals surface area contributed by atoms with Crippen LogP contribution in [0.1, 0.15) is 31.2 Å². The summed E-state index contributed by atoms with van der Waals surface area (Å²) in [5, 5.41) is 6.43. The summed E-state index contributed by atoms with van der Waals surface area (Å²) in [4.78, 5) is 18.4. The van der Waals surface area contributed by atoms with E-state index in [1.54, 1.807) is 37.4 Å². The first-order valence-electron chi connectivity index (χ1n) is 8.07. The average molecular weight is 332 g/mol. The number of nitrogens with zero attached hydrogens (tertiary/aromatic N) is 3. The second-order valence-corrected chi connectivity index (χ2v) is 6.21. The molecule has 2 aromatic rings. The van der Waals surface area contributed by atoms with Crippen LogP contribution in [0.4, 0.5) is 10.3 Å². The maximum absolute atomic E-state index is 15.1. The smallest absolute Gasteiger partial charge is 0.243 e. The van der Waals surface area contributed by atoms with Gasteiger partial charge in [0.1, 0.15) is 0 Å². The predicted octanol–water partition coefficient (Wildman–Crippen LogP) is 2.67. The van der Waals surface area contributed by atoms with Crippen LogP contribution in [0.3, 0.4) is 0 Å². The molecule has 0 bridgehead atoms. The molecule has 3 heterocycles. The van der Waals surface area contributed by atoms with Crippen molar-refractivity contribution in [3.63, 3.8) is 0 Å². The number of aryl methyl sites for hydroxylation is 1. The van der Waals surface area contributed by atoms with Crippen molar-refractivity contribution in [3.05, 3.63) is 41.9 Å². The lowest BCUT2D eigenvalue weighted by atomic mass is 9.89. The SMILES string of the molecule is Cc1cc(NC(=O)C(C)N2CCC(F)(c3ccccn3)CC2)on1. The van der Waals surface area contributed by atoms with Crippen molar-refractivity contribution in [2.24, 2.45) is 0 Å². The highest BCUT2D eigenvalue weighted by atomic mass is 19.1. The fourth-order valence-corrected chi connectivity index (χ4v) is 2.96. The van der Waals surface area contributed by atoms with Crippen LogP contribution in [0.5, 0.6) is 0 Å². The molecular weight excluding hydrogens is 311 g/mol. The summed E-state index contributed by atoms with van der Waals surface area (Å²) in [6.07, 6.45) is 2.25. The van der Waals surface area contributed by atoms with Crippen LogP contribution in [0.2, 0.25) is 0 Å². The van der Waals surface area contributed by atoms with Gasteiger partial charge in [-0.2, -0.15) is 0 Å². The first-order chi connectivity index (χ1) is 11.5. The Labute approximate surface area is 140 Å². The molecule has 0 radical (unpaired) electrons. The Bertz CT molecular complexity index is 696. The largest absolute Gasteiger partial charge is 0.338 e. The van der Waals surface area contributed by atoms with Crippen LogP contribution in [0, 0.1) is 6.92 Å². The van der Waals surface area contributed by atoms with Crippen molar-refractivity contribution in [2.75, 3.05) is 18.4 Å². The van der Waals surface area contributed by atoms with E-state index < -0.39 is 5.67 Å². The fourth-order valence-electron chi connectivity index (χ4n) is 2.96. The monoisotopic (exact) mass is 332 g/mol. The van der Waals surface area contributed by atoms with Crippen molar-refractivity contribution in [2.45, 2.75) is 38.4 Å². The molecule has 0 aliphatic carbocycles. The number of nitrogens with one attached hydrogen (secondary N) is 1. The van der Waals surface area contributed by atoms with E-state index in [1.165, 1.54) is 0 Å². The van der Waals surface area contributed by atoms with Gasteiger partial charge >= 0.3 is 0 Å². The number of hydrogen-bond donors (Lipinski definition) is 1. The number of pyridine rings is 1. The van der Waals surface area contributed by atoms with Gasteiger partial charge in [0.25, 0.3) is 0 Å². The second kappa shape index (κ2) is 6.68. The predicted molar refractivity (Wildman–Crippen MR) is 87.2 cm³/mol. The van der Waals surface area contributed by atoms with Gasteiger partial charge in [0, 0.05) is 25.4 Å². The van der Waals surface area contributed by atoms with Gasteiger partial charge < -0.3 is 4.52 Å². The summed E-state index contributed by atoms with van der Waals surface area (Å²) in [7, 11) is 0. The zero-order chi connectivity index (χ0) is 17.2. The van der Waals surface area contributed by atoms with Gasteiger partial charge in [-0.1, -0.05) is 11.2 Å². The molecule has 24 heavy (non-hydrogen) atoms. The van der Waals surface area contributed by atoms with E-state index in [1.807, 2.05) is 11.8 Å². The van der Waals surface area contributed by atoms with Gasteiger partial charge in [-0.25, -0.2) is 4.39 Å². The van der Waals surface area contributed by atoms with Gasteiger partial charge in [-0.3, -0.25) is 20.0 Å². The minimum absolute atomic E-state index is 0.185. The number of carbonyl (C=O) groups is 1. The van der Waals surface area contributed by atoms with Crippen molar-refractivity contribution in [1.29, 1.82) is 0 Å². The minimum atomic E-state index is -1.42. The third-order valence-electron chi connectivity index (χ3n) is 4.52. The lowest BCUT2D eigenvalue weighted by Crippen LogP contribution is -2.49. The number of piperidine rings is 1. The second-order valence-electron chi connectivity index (χ2n) is 6.21. The Morgan fingerprint density at radius 2 is 2.17 bits per heavy atom. The van der Waals surface area contributed by atoms with Gasteiger partial charge in [-0.15, -0.1) is 0 Å². The molecule has 1 aliphatic heterocycles. The number of amides is 1. The Kier molecular flexibility index (Phi) is 4.62. The molecule has 0 spiro atoms. The molecule has 1 fully saturated rings. The number of anilines is 1. The maximum atomic E-state index is 15.1. The zero-order valence-corrected chi connectivity index (χ0v) is 13.8. The fraction of sp³-hybridized carbons (Fsp3) is 0.471. The molecule has 1 atom stereocenters. The Balaban J connectivity index is 1.58.